The molecule has 2 N–H and O–H groups in total. The molecule has 8 nitrogen and oxygen atoms in total. The number of carbonyl (C=O) groups is 2. The summed E-state index contributed by atoms with van der Waals surface area (Å²) in [5.74, 6) is 1.39. The van der Waals surface area contributed by atoms with Crippen LogP contribution in [0.5, 0.6) is 11.5 Å². The molecular weight excluding hydrogens is 360 g/mol. The Morgan fingerprint density at radius 2 is 2.11 bits per heavy atom. The van der Waals surface area contributed by atoms with Crippen molar-refractivity contribution in [2.24, 2.45) is 5.92 Å². The first-order chi connectivity index (χ1) is 13.7. The molecule has 2 aliphatic rings. The largest absolute Gasteiger partial charge is 0.454 e. The minimum absolute atomic E-state index is 0.143. The van der Waals surface area contributed by atoms with Gasteiger partial charge in [0.2, 0.25) is 6.79 Å². The molecule has 1 saturated heterocycles. The van der Waals surface area contributed by atoms with Crippen molar-refractivity contribution in [3.63, 3.8) is 0 Å². The van der Waals surface area contributed by atoms with Crippen LogP contribution in [0, 0.1) is 5.92 Å². The number of benzene rings is 1. The molecular formula is C20H22N4O4. The Bertz CT molecular complexity index is 859. The predicted octanol–water partition coefficient (Wildman–Crippen LogP) is 2.48. The molecule has 4 rings (SSSR count). The Morgan fingerprint density at radius 3 is 2.96 bits per heavy atom. The highest BCUT2D eigenvalue weighted by Crippen LogP contribution is 2.34. The Hall–Kier alpha value is -3.29. The summed E-state index contributed by atoms with van der Waals surface area (Å²) in [5.41, 5.74) is 1.21. The van der Waals surface area contributed by atoms with Gasteiger partial charge >= 0.3 is 6.03 Å². The van der Waals surface area contributed by atoms with Crippen LogP contribution in [0.1, 0.15) is 23.2 Å². The van der Waals surface area contributed by atoms with E-state index in [1.165, 1.54) is 0 Å². The highest BCUT2D eigenvalue weighted by molar-refractivity contribution is 5.93. The zero-order valence-electron chi connectivity index (χ0n) is 15.4. The van der Waals surface area contributed by atoms with E-state index in [-0.39, 0.29) is 24.6 Å². The number of anilines is 1. The zero-order valence-corrected chi connectivity index (χ0v) is 15.4. The van der Waals surface area contributed by atoms with Crippen molar-refractivity contribution in [1.82, 2.24) is 15.2 Å². The molecule has 28 heavy (non-hydrogen) atoms. The van der Waals surface area contributed by atoms with E-state index in [2.05, 4.69) is 15.6 Å². The second-order valence-corrected chi connectivity index (χ2v) is 6.90. The van der Waals surface area contributed by atoms with Crippen molar-refractivity contribution in [2.75, 3.05) is 31.7 Å². The summed E-state index contributed by atoms with van der Waals surface area (Å²) in [5, 5.41) is 5.85. The average Bonchev–Trinajstić information content (AvgIpc) is 3.21. The van der Waals surface area contributed by atoms with Gasteiger partial charge in [-0.15, -0.1) is 0 Å². The number of ether oxygens (including phenoxy) is 2. The zero-order chi connectivity index (χ0) is 19.3. The second kappa shape index (κ2) is 8.16. The number of hydrogen-bond acceptors (Lipinski definition) is 5. The summed E-state index contributed by atoms with van der Waals surface area (Å²) in [6.07, 6.45) is 5.05. The summed E-state index contributed by atoms with van der Waals surface area (Å²) < 4.78 is 10.6. The van der Waals surface area contributed by atoms with Gasteiger partial charge in [-0.05, 0) is 43.0 Å². The van der Waals surface area contributed by atoms with Gasteiger partial charge < -0.3 is 25.0 Å². The Morgan fingerprint density at radius 1 is 1.21 bits per heavy atom. The van der Waals surface area contributed by atoms with Crippen LogP contribution in [0.4, 0.5) is 10.5 Å². The highest BCUT2D eigenvalue weighted by Gasteiger charge is 2.24. The van der Waals surface area contributed by atoms with E-state index in [1.807, 2.05) is 0 Å². The third-order valence-corrected chi connectivity index (χ3v) is 4.91. The topological polar surface area (TPSA) is 92.8 Å². The van der Waals surface area contributed by atoms with E-state index in [1.54, 1.807) is 47.6 Å². The van der Waals surface area contributed by atoms with Gasteiger partial charge in [-0.3, -0.25) is 9.78 Å². The van der Waals surface area contributed by atoms with Gasteiger partial charge in [-0.25, -0.2) is 4.79 Å². The van der Waals surface area contributed by atoms with Crippen LogP contribution in [-0.4, -0.2) is 48.2 Å². The molecule has 3 amide bonds. The van der Waals surface area contributed by atoms with Crippen molar-refractivity contribution in [3.8, 4) is 11.5 Å². The maximum Gasteiger partial charge on any atom is 0.321 e. The molecule has 0 unspecified atom stereocenters. The summed E-state index contributed by atoms with van der Waals surface area (Å²) in [6.45, 7) is 2.03. The maximum atomic E-state index is 12.6. The standard InChI is InChI=1S/C20H22N4O4/c25-19(15-4-1-7-21-11-15)22-10-14-3-2-8-24(12-14)20(26)23-16-5-6-17-18(9-16)28-13-27-17/h1,4-7,9,11,14H,2-3,8,10,12-13H2,(H,22,25)(H,23,26)/t14-/m1/s1. The van der Waals surface area contributed by atoms with E-state index >= 15 is 0 Å². The van der Waals surface area contributed by atoms with Crippen molar-refractivity contribution in [2.45, 2.75) is 12.8 Å². The molecule has 2 aliphatic heterocycles. The monoisotopic (exact) mass is 382 g/mol. The molecule has 0 spiro atoms. The van der Waals surface area contributed by atoms with Gasteiger partial charge in [-0.2, -0.15) is 0 Å². The average molecular weight is 382 g/mol. The fourth-order valence-corrected chi connectivity index (χ4v) is 3.43. The number of aromatic nitrogens is 1. The fourth-order valence-electron chi connectivity index (χ4n) is 3.43. The molecule has 146 valence electrons. The summed E-state index contributed by atoms with van der Waals surface area (Å²) >= 11 is 0. The number of amides is 3. The van der Waals surface area contributed by atoms with E-state index in [0.717, 1.165) is 12.8 Å². The number of fused-ring (bicyclic) bond motifs is 1. The van der Waals surface area contributed by atoms with E-state index in [0.29, 0.717) is 42.4 Å². The van der Waals surface area contributed by atoms with Crippen LogP contribution in [0.15, 0.2) is 42.7 Å². The SMILES string of the molecule is O=C(NC[C@H]1CCCN(C(=O)Nc2ccc3c(c2)OCO3)C1)c1cccnc1. The number of pyridine rings is 1. The van der Waals surface area contributed by atoms with Crippen molar-refractivity contribution >= 4 is 17.6 Å². The molecule has 8 heteroatoms. The van der Waals surface area contributed by atoms with Crippen molar-refractivity contribution in [1.29, 1.82) is 0 Å². The smallest absolute Gasteiger partial charge is 0.321 e. The van der Waals surface area contributed by atoms with Gasteiger partial charge in [0.1, 0.15) is 0 Å². The number of urea groups is 1. The molecule has 0 saturated carbocycles. The molecule has 2 aromatic rings. The first-order valence-corrected chi connectivity index (χ1v) is 9.33. The lowest BCUT2D eigenvalue weighted by Crippen LogP contribution is -2.45. The van der Waals surface area contributed by atoms with Crippen LogP contribution in [0.3, 0.4) is 0 Å². The van der Waals surface area contributed by atoms with Crippen LogP contribution >= 0.6 is 0 Å². The molecule has 0 aliphatic carbocycles. The number of nitrogens with zero attached hydrogens (tertiary/aromatic N) is 2. The molecule has 0 radical (unpaired) electrons. The van der Waals surface area contributed by atoms with Gasteiger partial charge in [0, 0.05) is 43.8 Å². The lowest BCUT2D eigenvalue weighted by molar-refractivity contribution is 0.0938. The Balaban J connectivity index is 1.29. The first kappa shape index (κ1) is 18.1. The third kappa shape index (κ3) is 4.16. The molecule has 1 atom stereocenters. The van der Waals surface area contributed by atoms with Crippen LogP contribution in [-0.2, 0) is 0 Å². The lowest BCUT2D eigenvalue weighted by Gasteiger charge is -2.32. The van der Waals surface area contributed by atoms with Gasteiger partial charge in [0.25, 0.3) is 5.91 Å². The first-order valence-electron chi connectivity index (χ1n) is 9.33. The number of piperidine rings is 1. The number of carbonyl (C=O) groups excluding carboxylic acids is 2. The predicted molar refractivity (Wildman–Crippen MR) is 102 cm³/mol. The second-order valence-electron chi connectivity index (χ2n) is 6.90. The number of nitrogens with one attached hydrogen (secondary N) is 2. The van der Waals surface area contributed by atoms with E-state index in [4.69, 9.17) is 9.47 Å². The van der Waals surface area contributed by atoms with Crippen LogP contribution in [0.25, 0.3) is 0 Å². The lowest BCUT2D eigenvalue weighted by atomic mass is 9.98. The van der Waals surface area contributed by atoms with Crippen molar-refractivity contribution in [3.05, 3.63) is 48.3 Å². The quantitative estimate of drug-likeness (QED) is 0.848. The summed E-state index contributed by atoms with van der Waals surface area (Å²) in [6, 6.07) is 8.65. The molecule has 3 heterocycles. The van der Waals surface area contributed by atoms with Crippen molar-refractivity contribution < 1.29 is 19.1 Å². The summed E-state index contributed by atoms with van der Waals surface area (Å²) in [7, 11) is 0. The van der Waals surface area contributed by atoms with Crippen LogP contribution < -0.4 is 20.1 Å². The van der Waals surface area contributed by atoms with Gasteiger partial charge in [-0.1, -0.05) is 0 Å². The number of hydrogen-bond donors (Lipinski definition) is 2. The molecule has 1 fully saturated rings. The van der Waals surface area contributed by atoms with Crippen LogP contribution in [0.2, 0.25) is 0 Å². The van der Waals surface area contributed by atoms with E-state index < -0.39 is 0 Å². The summed E-state index contributed by atoms with van der Waals surface area (Å²) in [4.78, 5) is 30.5. The van der Waals surface area contributed by atoms with Gasteiger partial charge in [0.05, 0.1) is 5.56 Å². The molecule has 0 bridgehead atoms. The number of rotatable bonds is 4. The maximum absolute atomic E-state index is 12.6. The van der Waals surface area contributed by atoms with Gasteiger partial charge in [0.15, 0.2) is 11.5 Å². The number of likely N-dealkylation sites (tertiary alicyclic amines) is 1. The van der Waals surface area contributed by atoms with E-state index in [9.17, 15) is 9.59 Å². The molecule has 1 aromatic carbocycles. The highest BCUT2D eigenvalue weighted by atomic mass is 16.7. The Labute approximate surface area is 162 Å². The minimum atomic E-state index is -0.151. The minimum Gasteiger partial charge on any atom is -0.454 e. The molecule has 1 aromatic heterocycles. The fraction of sp³-hybridized carbons (Fsp3) is 0.350. The Kier molecular flexibility index (Phi) is 5.27. The normalized spacial score (nSPS) is 17.9. The third-order valence-electron chi connectivity index (χ3n) is 4.91.